The van der Waals surface area contributed by atoms with E-state index in [9.17, 15) is 4.79 Å². The second-order valence-electron chi connectivity index (χ2n) is 6.90. The largest absolute Gasteiger partial charge is 0.493 e. The molecular weight excluding hydrogens is 340 g/mol. The normalized spacial score (nSPS) is 11.0. The van der Waals surface area contributed by atoms with Crippen molar-refractivity contribution in [1.82, 2.24) is 0 Å². The van der Waals surface area contributed by atoms with E-state index < -0.39 is 5.97 Å². The van der Waals surface area contributed by atoms with E-state index in [1.165, 1.54) is 44.9 Å². The number of carboxylic acid groups (broad SMARTS) is 1. The molecule has 0 radical (unpaired) electrons. The van der Waals surface area contributed by atoms with Crippen LogP contribution in [0.15, 0.2) is 24.3 Å². The SMILES string of the molecule is CCCCCCCOc1ccc(C=CC(=O)O)c(OCCCCCCC)c1. The van der Waals surface area contributed by atoms with Crippen LogP contribution in [0.2, 0.25) is 0 Å². The van der Waals surface area contributed by atoms with Crippen molar-refractivity contribution in [1.29, 1.82) is 0 Å². The van der Waals surface area contributed by atoms with Crippen molar-refractivity contribution in [3.63, 3.8) is 0 Å². The fraction of sp³-hybridized carbons (Fsp3) is 0.609. The first-order chi connectivity index (χ1) is 13.2. The number of hydrogen-bond acceptors (Lipinski definition) is 3. The molecule has 0 aromatic heterocycles. The average molecular weight is 377 g/mol. The third kappa shape index (κ3) is 11.4. The van der Waals surface area contributed by atoms with Gasteiger partial charge in [0, 0.05) is 17.7 Å². The summed E-state index contributed by atoms with van der Waals surface area (Å²) in [5.41, 5.74) is 0.765. The monoisotopic (exact) mass is 376 g/mol. The smallest absolute Gasteiger partial charge is 0.328 e. The Morgan fingerprint density at radius 2 is 1.48 bits per heavy atom. The molecule has 27 heavy (non-hydrogen) atoms. The maximum Gasteiger partial charge on any atom is 0.328 e. The van der Waals surface area contributed by atoms with E-state index >= 15 is 0 Å². The van der Waals surface area contributed by atoms with Gasteiger partial charge in [-0.25, -0.2) is 4.79 Å². The zero-order chi connectivity index (χ0) is 19.7. The van der Waals surface area contributed by atoms with Gasteiger partial charge in [0.1, 0.15) is 11.5 Å². The van der Waals surface area contributed by atoms with Crippen LogP contribution in [-0.2, 0) is 4.79 Å². The Hall–Kier alpha value is -1.97. The Morgan fingerprint density at radius 1 is 0.889 bits per heavy atom. The number of carboxylic acids is 1. The molecule has 0 atom stereocenters. The van der Waals surface area contributed by atoms with Crippen molar-refractivity contribution in [2.45, 2.75) is 78.1 Å². The van der Waals surface area contributed by atoms with Gasteiger partial charge in [-0.05, 0) is 31.1 Å². The molecule has 1 aromatic rings. The molecule has 0 saturated heterocycles. The van der Waals surface area contributed by atoms with E-state index in [1.807, 2.05) is 18.2 Å². The molecule has 0 aliphatic heterocycles. The van der Waals surface area contributed by atoms with Crippen LogP contribution >= 0.6 is 0 Å². The third-order valence-corrected chi connectivity index (χ3v) is 4.41. The van der Waals surface area contributed by atoms with Crippen molar-refractivity contribution >= 4 is 12.0 Å². The second kappa shape index (κ2) is 15.1. The van der Waals surface area contributed by atoms with Crippen LogP contribution in [-0.4, -0.2) is 24.3 Å². The summed E-state index contributed by atoms with van der Waals surface area (Å²) in [6.07, 6.45) is 14.6. The Kier molecular flexibility index (Phi) is 12.9. The number of rotatable bonds is 16. The summed E-state index contributed by atoms with van der Waals surface area (Å²) in [4.78, 5) is 10.8. The minimum atomic E-state index is -0.965. The molecule has 1 rings (SSSR count). The molecule has 1 N–H and O–H groups in total. The second-order valence-corrected chi connectivity index (χ2v) is 6.90. The summed E-state index contributed by atoms with van der Waals surface area (Å²) in [6, 6.07) is 5.61. The molecule has 0 spiro atoms. The van der Waals surface area contributed by atoms with Crippen LogP contribution in [0.4, 0.5) is 0 Å². The van der Waals surface area contributed by atoms with Gasteiger partial charge in [0.15, 0.2) is 0 Å². The van der Waals surface area contributed by atoms with Crippen molar-refractivity contribution in [3.05, 3.63) is 29.8 Å². The van der Waals surface area contributed by atoms with Gasteiger partial charge in [-0.15, -0.1) is 0 Å². The van der Waals surface area contributed by atoms with Crippen LogP contribution in [0.5, 0.6) is 11.5 Å². The first-order valence-electron chi connectivity index (χ1n) is 10.5. The van der Waals surface area contributed by atoms with Gasteiger partial charge < -0.3 is 14.6 Å². The standard InChI is InChI=1S/C23H36O4/c1-3-5-7-9-11-17-26-21-15-13-20(14-16-23(24)25)22(19-21)27-18-12-10-8-6-4-2/h13-16,19H,3-12,17-18H2,1-2H3,(H,24,25). The summed E-state index contributed by atoms with van der Waals surface area (Å²) in [5, 5.41) is 8.87. The third-order valence-electron chi connectivity index (χ3n) is 4.41. The Bertz CT molecular complexity index is 551. The van der Waals surface area contributed by atoms with Crippen molar-refractivity contribution < 1.29 is 19.4 Å². The summed E-state index contributed by atoms with van der Waals surface area (Å²) in [5.74, 6) is 0.498. The lowest BCUT2D eigenvalue weighted by Gasteiger charge is -2.12. The van der Waals surface area contributed by atoms with Crippen molar-refractivity contribution in [2.24, 2.45) is 0 Å². The van der Waals surface area contributed by atoms with Crippen LogP contribution < -0.4 is 9.47 Å². The first-order valence-corrected chi connectivity index (χ1v) is 10.5. The van der Waals surface area contributed by atoms with E-state index in [4.69, 9.17) is 14.6 Å². The quantitative estimate of drug-likeness (QED) is 0.265. The van der Waals surface area contributed by atoms with Gasteiger partial charge in [-0.3, -0.25) is 0 Å². The number of carbonyl (C=O) groups is 1. The van der Waals surface area contributed by atoms with Gasteiger partial charge in [-0.2, -0.15) is 0 Å². The lowest BCUT2D eigenvalue weighted by Crippen LogP contribution is -2.01. The van der Waals surface area contributed by atoms with E-state index in [0.717, 1.165) is 36.7 Å². The molecular formula is C23H36O4. The highest BCUT2D eigenvalue weighted by Gasteiger charge is 2.05. The number of benzene rings is 1. The Labute approximate surface area is 164 Å². The molecule has 0 amide bonds. The first kappa shape index (κ1) is 23.1. The maximum absolute atomic E-state index is 10.8. The summed E-state index contributed by atoms with van der Waals surface area (Å²) in [7, 11) is 0. The number of aliphatic carboxylic acids is 1. The predicted molar refractivity (Wildman–Crippen MR) is 112 cm³/mol. The minimum absolute atomic E-state index is 0.637. The van der Waals surface area contributed by atoms with Crippen LogP contribution in [0.1, 0.15) is 83.6 Å². The number of ether oxygens (including phenoxy) is 2. The fourth-order valence-electron chi connectivity index (χ4n) is 2.81. The highest BCUT2D eigenvalue weighted by atomic mass is 16.5. The summed E-state index contributed by atoms with van der Waals surface area (Å²) >= 11 is 0. The molecule has 0 unspecified atom stereocenters. The average Bonchev–Trinajstić information content (AvgIpc) is 2.66. The molecule has 0 aliphatic rings. The fourth-order valence-corrected chi connectivity index (χ4v) is 2.81. The molecule has 0 aliphatic carbocycles. The van der Waals surface area contributed by atoms with Gasteiger partial charge in [0.25, 0.3) is 0 Å². The minimum Gasteiger partial charge on any atom is -0.493 e. The summed E-state index contributed by atoms with van der Waals surface area (Å²) in [6.45, 7) is 5.75. The lowest BCUT2D eigenvalue weighted by atomic mass is 10.1. The number of unbranched alkanes of at least 4 members (excludes halogenated alkanes) is 8. The van der Waals surface area contributed by atoms with Gasteiger partial charge in [0.2, 0.25) is 0 Å². The van der Waals surface area contributed by atoms with Crippen LogP contribution in [0.25, 0.3) is 6.08 Å². The highest BCUT2D eigenvalue weighted by Crippen LogP contribution is 2.27. The summed E-state index contributed by atoms with van der Waals surface area (Å²) < 4.78 is 11.8. The zero-order valence-corrected chi connectivity index (χ0v) is 17.0. The molecule has 1 aromatic carbocycles. The van der Waals surface area contributed by atoms with Crippen molar-refractivity contribution in [2.75, 3.05) is 13.2 Å². The Morgan fingerprint density at radius 3 is 2.07 bits per heavy atom. The van der Waals surface area contributed by atoms with Gasteiger partial charge in [-0.1, -0.05) is 65.2 Å². The van der Waals surface area contributed by atoms with E-state index in [0.29, 0.717) is 19.0 Å². The number of hydrogen-bond donors (Lipinski definition) is 1. The predicted octanol–water partition coefficient (Wildman–Crippen LogP) is 6.48. The van der Waals surface area contributed by atoms with Crippen LogP contribution in [0, 0.1) is 0 Å². The van der Waals surface area contributed by atoms with Crippen molar-refractivity contribution in [3.8, 4) is 11.5 Å². The lowest BCUT2D eigenvalue weighted by molar-refractivity contribution is -0.131. The Balaban J connectivity index is 2.57. The van der Waals surface area contributed by atoms with E-state index in [2.05, 4.69) is 13.8 Å². The molecule has 0 bridgehead atoms. The highest BCUT2D eigenvalue weighted by molar-refractivity contribution is 5.86. The van der Waals surface area contributed by atoms with Gasteiger partial charge >= 0.3 is 5.97 Å². The molecule has 4 heteroatoms. The molecule has 0 saturated carbocycles. The maximum atomic E-state index is 10.8. The molecule has 0 heterocycles. The molecule has 0 fully saturated rings. The van der Waals surface area contributed by atoms with E-state index in [-0.39, 0.29) is 0 Å². The zero-order valence-electron chi connectivity index (χ0n) is 17.0. The molecule has 152 valence electrons. The molecule has 4 nitrogen and oxygen atoms in total. The van der Waals surface area contributed by atoms with Crippen LogP contribution in [0.3, 0.4) is 0 Å². The van der Waals surface area contributed by atoms with Gasteiger partial charge in [0.05, 0.1) is 13.2 Å². The topological polar surface area (TPSA) is 55.8 Å². The van der Waals surface area contributed by atoms with E-state index in [1.54, 1.807) is 6.08 Å².